The van der Waals surface area contributed by atoms with E-state index in [0.29, 0.717) is 5.69 Å². The van der Waals surface area contributed by atoms with Crippen molar-refractivity contribution < 1.29 is 33.8 Å². The molecule has 6 N–H and O–H groups in total. The molecule has 0 aromatic carbocycles. The predicted octanol–water partition coefficient (Wildman–Crippen LogP) is -0.871. The molecule has 0 amide bonds. The van der Waals surface area contributed by atoms with Gasteiger partial charge in [0.2, 0.25) is 0 Å². The highest BCUT2D eigenvalue weighted by molar-refractivity contribution is 7.72. The van der Waals surface area contributed by atoms with E-state index in [-0.39, 0.29) is 12.8 Å². The Bertz CT molecular complexity index is 455. The Morgan fingerprint density at radius 2 is 1.78 bits per heavy atom. The topological polar surface area (TPSA) is 177 Å². The second-order valence-electron chi connectivity index (χ2n) is 3.68. The highest BCUT2D eigenvalue weighted by atomic mass is 31.2. The number of rotatable bonds is 6. The van der Waals surface area contributed by atoms with E-state index in [0.717, 1.165) is 0 Å². The molecule has 0 radical (unpaired) electrons. The second-order valence-corrected chi connectivity index (χ2v) is 7.69. The van der Waals surface area contributed by atoms with E-state index in [9.17, 15) is 14.2 Å². The first-order valence-corrected chi connectivity index (χ1v) is 7.99. The number of aryl methyl sites for hydroxylation is 1. The molecule has 0 bridgehead atoms. The van der Waals surface area contributed by atoms with Gasteiger partial charge in [0.05, 0.1) is 11.9 Å². The molecule has 0 saturated carbocycles. The number of H-pyrrole nitrogens is 1. The van der Waals surface area contributed by atoms with Crippen LogP contribution in [-0.2, 0) is 15.6 Å². The van der Waals surface area contributed by atoms with Crippen LogP contribution in [0.4, 0.5) is 0 Å². The summed E-state index contributed by atoms with van der Waals surface area (Å²) in [5, 5.41) is 15.6. The number of nitrogens with one attached hydrogen (secondary N) is 1. The van der Waals surface area contributed by atoms with Crippen LogP contribution in [-0.4, -0.2) is 45.2 Å². The zero-order chi connectivity index (χ0) is 14.0. The third-order valence-corrected chi connectivity index (χ3v) is 6.22. The third kappa shape index (κ3) is 3.24. The molecule has 10 nitrogen and oxygen atoms in total. The monoisotopic (exact) mass is 301 g/mol. The number of hydrogen-bond acceptors (Lipinski definition) is 5. The maximum atomic E-state index is 11.0. The quantitative estimate of drug-likeness (QED) is 0.364. The van der Waals surface area contributed by atoms with Crippen LogP contribution < -0.4 is 0 Å². The number of hydrogen-bond donors (Lipinski definition) is 6. The Hall–Kier alpha value is -0.600. The Balaban J connectivity index is 2.76. The number of aliphatic hydroxyl groups is 1. The van der Waals surface area contributed by atoms with Gasteiger partial charge in [-0.3, -0.25) is 9.13 Å². The molecule has 1 heterocycles. The third-order valence-electron chi connectivity index (χ3n) is 2.34. The summed E-state index contributed by atoms with van der Waals surface area (Å²) in [4.78, 5) is 35.5. The smallest absolute Gasteiger partial charge is 0.368 e. The molecule has 0 fully saturated rings. The summed E-state index contributed by atoms with van der Waals surface area (Å²) in [5.41, 5.74) is 0.453. The van der Waals surface area contributed by atoms with Gasteiger partial charge in [-0.05, 0) is 12.8 Å². The van der Waals surface area contributed by atoms with E-state index < -0.39 is 26.7 Å². The molecule has 1 aromatic heterocycles. The second kappa shape index (κ2) is 5.18. The van der Waals surface area contributed by atoms with Crippen molar-refractivity contribution in [2.75, 3.05) is 0 Å². The maximum absolute atomic E-state index is 11.0. The zero-order valence-corrected chi connectivity index (χ0v) is 10.8. The van der Waals surface area contributed by atoms with Crippen molar-refractivity contribution in [1.82, 2.24) is 15.4 Å². The maximum Gasteiger partial charge on any atom is 0.369 e. The summed E-state index contributed by atoms with van der Waals surface area (Å²) in [7, 11) is -10.7. The first kappa shape index (κ1) is 15.5. The van der Waals surface area contributed by atoms with Gasteiger partial charge < -0.3 is 24.7 Å². The lowest BCUT2D eigenvalue weighted by atomic mass is 10.2. The summed E-state index contributed by atoms with van der Waals surface area (Å²) in [5.74, 6) is 0. The molecule has 0 spiro atoms. The van der Waals surface area contributed by atoms with E-state index in [1.807, 2.05) is 0 Å². The molecule has 0 saturated heterocycles. The normalized spacial score (nSPS) is 13.8. The van der Waals surface area contributed by atoms with Crippen LogP contribution in [0.1, 0.15) is 18.5 Å². The number of nitrogens with zero attached hydrogens (tertiary/aromatic N) is 2. The summed E-state index contributed by atoms with van der Waals surface area (Å²) < 4.78 is 22.0. The van der Waals surface area contributed by atoms with E-state index >= 15 is 0 Å². The number of aromatic nitrogens is 3. The van der Waals surface area contributed by atoms with Gasteiger partial charge in [0.1, 0.15) is 0 Å². The summed E-state index contributed by atoms with van der Waals surface area (Å²) in [6.45, 7) is 0. The first-order valence-electron chi connectivity index (χ1n) is 4.76. The van der Waals surface area contributed by atoms with Gasteiger partial charge in [-0.2, -0.15) is 15.4 Å². The fraction of sp³-hybridized carbons (Fsp3) is 0.667. The Kier molecular flexibility index (Phi) is 4.45. The Morgan fingerprint density at radius 1 is 1.22 bits per heavy atom. The van der Waals surface area contributed by atoms with Crippen LogP contribution in [0.15, 0.2) is 6.20 Å². The van der Waals surface area contributed by atoms with Gasteiger partial charge >= 0.3 is 15.2 Å². The molecule has 104 valence electrons. The van der Waals surface area contributed by atoms with Gasteiger partial charge in [0, 0.05) is 6.42 Å². The van der Waals surface area contributed by atoms with Crippen molar-refractivity contribution in [3.63, 3.8) is 0 Å². The van der Waals surface area contributed by atoms with Crippen LogP contribution in [0.25, 0.3) is 0 Å². The highest BCUT2D eigenvalue weighted by Gasteiger charge is 2.58. The molecule has 1 rings (SSSR count). The zero-order valence-electron chi connectivity index (χ0n) is 9.04. The minimum Gasteiger partial charge on any atom is -0.368 e. The lowest BCUT2D eigenvalue weighted by Gasteiger charge is -2.28. The van der Waals surface area contributed by atoms with Crippen LogP contribution in [0.5, 0.6) is 0 Å². The standard InChI is InChI=1S/C6H13N3O7P2/c10-6(17(11,12)13,18(14,15)16)3-1-2-5-4-7-9-8-5/h4,10H,1-3H2,(H,7,8,9)(H2,11,12,13)(H2,14,15,16). The summed E-state index contributed by atoms with van der Waals surface area (Å²) >= 11 is 0. The van der Waals surface area contributed by atoms with Crippen LogP contribution in [0.3, 0.4) is 0 Å². The lowest BCUT2D eigenvalue weighted by Crippen LogP contribution is -2.28. The largest absolute Gasteiger partial charge is 0.369 e. The molecule has 12 heteroatoms. The first-order chi connectivity index (χ1) is 8.08. The van der Waals surface area contributed by atoms with E-state index in [1.165, 1.54) is 6.20 Å². The molecule has 0 aliphatic heterocycles. The minimum absolute atomic E-state index is 0.0702. The van der Waals surface area contributed by atoms with Gasteiger partial charge in [-0.15, -0.1) is 0 Å². The molecule has 0 unspecified atom stereocenters. The van der Waals surface area contributed by atoms with Crippen LogP contribution >= 0.6 is 15.2 Å². The van der Waals surface area contributed by atoms with E-state index in [1.54, 1.807) is 0 Å². The van der Waals surface area contributed by atoms with Crippen molar-refractivity contribution in [2.24, 2.45) is 0 Å². The fourth-order valence-corrected chi connectivity index (χ4v) is 3.57. The van der Waals surface area contributed by atoms with Gasteiger partial charge in [0.15, 0.2) is 0 Å². The lowest BCUT2D eigenvalue weighted by molar-refractivity contribution is 0.121. The van der Waals surface area contributed by atoms with Crippen molar-refractivity contribution >= 4 is 15.2 Å². The molecule has 18 heavy (non-hydrogen) atoms. The van der Waals surface area contributed by atoms with Crippen LogP contribution in [0.2, 0.25) is 0 Å². The molecular weight excluding hydrogens is 288 g/mol. The highest BCUT2D eigenvalue weighted by Crippen LogP contribution is 2.69. The predicted molar refractivity (Wildman–Crippen MR) is 58.4 cm³/mol. The van der Waals surface area contributed by atoms with Gasteiger partial charge in [-0.1, -0.05) is 0 Å². The van der Waals surface area contributed by atoms with E-state index in [2.05, 4.69) is 15.4 Å². The summed E-state index contributed by atoms with van der Waals surface area (Å²) in [6.07, 6.45) is 0.695. The average molecular weight is 301 g/mol. The van der Waals surface area contributed by atoms with Crippen molar-refractivity contribution in [3.05, 3.63) is 11.9 Å². The fourth-order valence-electron chi connectivity index (χ4n) is 1.31. The van der Waals surface area contributed by atoms with Crippen LogP contribution in [0, 0.1) is 0 Å². The van der Waals surface area contributed by atoms with Crippen molar-refractivity contribution in [3.8, 4) is 0 Å². The number of aromatic amines is 1. The molecule has 0 aliphatic rings. The van der Waals surface area contributed by atoms with Gasteiger partial charge in [-0.25, -0.2) is 0 Å². The summed E-state index contributed by atoms with van der Waals surface area (Å²) in [6, 6.07) is 0. The molecular formula is C6H13N3O7P2. The Morgan fingerprint density at radius 3 is 2.17 bits per heavy atom. The molecule has 1 aromatic rings. The van der Waals surface area contributed by atoms with Gasteiger partial charge in [0.25, 0.3) is 5.08 Å². The molecule has 0 atom stereocenters. The van der Waals surface area contributed by atoms with Crippen molar-refractivity contribution in [2.45, 2.75) is 24.3 Å². The Labute approximate surface area is 101 Å². The van der Waals surface area contributed by atoms with E-state index in [4.69, 9.17) is 19.6 Å². The van der Waals surface area contributed by atoms with Crippen molar-refractivity contribution in [1.29, 1.82) is 0 Å². The molecule has 0 aliphatic carbocycles. The SMILES string of the molecule is O=P(O)(O)C(O)(CCCc1cn[nH]n1)P(=O)(O)O. The average Bonchev–Trinajstić information content (AvgIpc) is 2.66. The minimum atomic E-state index is -5.37.